The van der Waals surface area contributed by atoms with Crippen molar-refractivity contribution in [3.63, 3.8) is 0 Å². The minimum atomic E-state index is -0.382. The maximum Gasteiger partial charge on any atom is 0.409 e. The van der Waals surface area contributed by atoms with Crippen molar-refractivity contribution in [3.05, 3.63) is 24.3 Å². The lowest BCUT2D eigenvalue weighted by molar-refractivity contribution is -0.121. The van der Waals surface area contributed by atoms with Gasteiger partial charge in [0.2, 0.25) is 5.91 Å². The summed E-state index contributed by atoms with van der Waals surface area (Å²) in [5, 5.41) is 2.90. The minimum Gasteiger partial charge on any atom is -0.492 e. The van der Waals surface area contributed by atoms with Gasteiger partial charge in [-0.3, -0.25) is 4.79 Å². The van der Waals surface area contributed by atoms with E-state index < -0.39 is 0 Å². The molecule has 6 nitrogen and oxygen atoms in total. The lowest BCUT2D eigenvalue weighted by Gasteiger charge is -2.30. The highest BCUT2D eigenvalue weighted by molar-refractivity contribution is 5.94. The summed E-state index contributed by atoms with van der Waals surface area (Å²) in [6.45, 7) is 3.45. The Balaban J connectivity index is 2.01. The van der Waals surface area contributed by atoms with Gasteiger partial charge in [-0.15, -0.1) is 0 Å². The number of hydrogen-bond acceptors (Lipinski definition) is 4. The van der Waals surface area contributed by atoms with E-state index in [1.807, 2.05) is 31.2 Å². The molecule has 22 heavy (non-hydrogen) atoms. The van der Waals surface area contributed by atoms with Gasteiger partial charge in [-0.25, -0.2) is 4.79 Å². The van der Waals surface area contributed by atoms with Crippen molar-refractivity contribution in [2.24, 2.45) is 5.92 Å². The van der Waals surface area contributed by atoms with E-state index in [4.69, 9.17) is 9.47 Å². The van der Waals surface area contributed by atoms with E-state index in [0.717, 1.165) is 12.8 Å². The van der Waals surface area contributed by atoms with Gasteiger partial charge in [-0.2, -0.15) is 0 Å². The largest absolute Gasteiger partial charge is 0.492 e. The number of carbonyl (C=O) groups excluding carboxylic acids is 2. The summed E-state index contributed by atoms with van der Waals surface area (Å²) < 4.78 is 10.2. The number of amides is 2. The van der Waals surface area contributed by atoms with Gasteiger partial charge in [-0.05, 0) is 31.9 Å². The van der Waals surface area contributed by atoms with Gasteiger partial charge in [0.05, 0.1) is 25.3 Å². The zero-order valence-corrected chi connectivity index (χ0v) is 13.0. The number of nitrogens with one attached hydrogen (secondary N) is 1. The topological polar surface area (TPSA) is 67.9 Å². The molecule has 0 aromatic heterocycles. The van der Waals surface area contributed by atoms with Crippen molar-refractivity contribution in [1.29, 1.82) is 0 Å². The van der Waals surface area contributed by atoms with Gasteiger partial charge in [0.1, 0.15) is 5.75 Å². The number of ether oxygens (including phenoxy) is 2. The molecule has 2 amide bonds. The van der Waals surface area contributed by atoms with E-state index in [-0.39, 0.29) is 17.9 Å². The number of methoxy groups -OCH3 is 1. The molecule has 2 rings (SSSR count). The lowest BCUT2D eigenvalue weighted by Crippen LogP contribution is -2.43. The SMILES string of the molecule is CCOc1ccccc1NC(=O)C1CCCN(C(=O)OC)C1. The van der Waals surface area contributed by atoms with Crippen molar-refractivity contribution in [2.45, 2.75) is 19.8 Å². The van der Waals surface area contributed by atoms with Crippen LogP contribution in [0.3, 0.4) is 0 Å². The Hall–Kier alpha value is -2.24. The van der Waals surface area contributed by atoms with Gasteiger partial charge in [0, 0.05) is 13.1 Å². The highest BCUT2D eigenvalue weighted by Crippen LogP contribution is 2.26. The third-order valence-corrected chi connectivity index (χ3v) is 3.67. The Labute approximate surface area is 130 Å². The molecule has 0 saturated carbocycles. The molecule has 1 unspecified atom stereocenters. The highest BCUT2D eigenvalue weighted by atomic mass is 16.5. The number of hydrogen-bond donors (Lipinski definition) is 1. The number of para-hydroxylation sites is 2. The second-order valence-electron chi connectivity index (χ2n) is 5.17. The van der Waals surface area contributed by atoms with Crippen LogP contribution in [0.4, 0.5) is 10.5 Å². The van der Waals surface area contributed by atoms with E-state index in [1.165, 1.54) is 7.11 Å². The smallest absolute Gasteiger partial charge is 0.409 e. The van der Waals surface area contributed by atoms with Crippen LogP contribution in [-0.4, -0.2) is 43.7 Å². The average Bonchev–Trinajstić information content (AvgIpc) is 2.56. The van der Waals surface area contributed by atoms with Crippen LogP contribution in [-0.2, 0) is 9.53 Å². The highest BCUT2D eigenvalue weighted by Gasteiger charge is 2.29. The first-order chi connectivity index (χ1) is 10.7. The molecule has 120 valence electrons. The van der Waals surface area contributed by atoms with Crippen LogP contribution < -0.4 is 10.1 Å². The zero-order valence-electron chi connectivity index (χ0n) is 13.0. The number of piperidine rings is 1. The van der Waals surface area contributed by atoms with E-state index in [0.29, 0.717) is 31.1 Å². The molecule has 0 aliphatic carbocycles. The molecule has 1 aliphatic rings. The van der Waals surface area contributed by atoms with Crippen LogP contribution in [0.15, 0.2) is 24.3 Å². The molecule has 1 heterocycles. The molecular weight excluding hydrogens is 284 g/mol. The monoisotopic (exact) mass is 306 g/mol. The second-order valence-corrected chi connectivity index (χ2v) is 5.17. The predicted molar refractivity (Wildman–Crippen MR) is 82.9 cm³/mol. The first kappa shape index (κ1) is 16.1. The van der Waals surface area contributed by atoms with Crippen LogP contribution in [0.2, 0.25) is 0 Å². The van der Waals surface area contributed by atoms with E-state index in [1.54, 1.807) is 4.90 Å². The Morgan fingerprint density at radius 3 is 2.86 bits per heavy atom. The third-order valence-electron chi connectivity index (χ3n) is 3.67. The summed E-state index contributed by atoms with van der Waals surface area (Å²) in [6, 6.07) is 7.34. The Morgan fingerprint density at radius 1 is 1.36 bits per heavy atom. The summed E-state index contributed by atoms with van der Waals surface area (Å²) in [6.07, 6.45) is 1.17. The van der Waals surface area contributed by atoms with Crippen LogP contribution in [0.1, 0.15) is 19.8 Å². The number of likely N-dealkylation sites (tertiary alicyclic amines) is 1. The normalized spacial score (nSPS) is 17.7. The molecule has 1 N–H and O–H groups in total. The van der Waals surface area contributed by atoms with Crippen molar-refractivity contribution >= 4 is 17.7 Å². The van der Waals surface area contributed by atoms with Gasteiger partial charge in [0.25, 0.3) is 0 Å². The fourth-order valence-corrected chi connectivity index (χ4v) is 2.57. The van der Waals surface area contributed by atoms with Crippen LogP contribution in [0.25, 0.3) is 0 Å². The van der Waals surface area contributed by atoms with Crippen molar-refractivity contribution < 1.29 is 19.1 Å². The lowest BCUT2D eigenvalue weighted by atomic mass is 9.97. The molecule has 0 bridgehead atoms. The van der Waals surface area contributed by atoms with Gasteiger partial charge in [0.15, 0.2) is 0 Å². The summed E-state index contributed by atoms with van der Waals surface area (Å²) in [5.74, 6) is 0.322. The van der Waals surface area contributed by atoms with Gasteiger partial charge >= 0.3 is 6.09 Å². The zero-order chi connectivity index (χ0) is 15.9. The summed E-state index contributed by atoms with van der Waals surface area (Å²) in [7, 11) is 1.35. The number of benzene rings is 1. The Kier molecular flexibility index (Phi) is 5.63. The van der Waals surface area contributed by atoms with E-state index >= 15 is 0 Å². The van der Waals surface area contributed by atoms with Crippen LogP contribution >= 0.6 is 0 Å². The van der Waals surface area contributed by atoms with Crippen molar-refractivity contribution in [2.75, 3.05) is 32.1 Å². The summed E-state index contributed by atoms with van der Waals surface area (Å²) in [5.41, 5.74) is 0.657. The maximum atomic E-state index is 12.4. The van der Waals surface area contributed by atoms with E-state index in [9.17, 15) is 9.59 Å². The molecule has 1 fully saturated rings. The molecular formula is C16H22N2O4. The van der Waals surface area contributed by atoms with Crippen LogP contribution in [0.5, 0.6) is 5.75 Å². The molecule has 0 radical (unpaired) electrons. The standard InChI is InChI=1S/C16H22N2O4/c1-3-22-14-9-5-4-8-13(14)17-15(19)12-7-6-10-18(11-12)16(20)21-2/h4-5,8-9,12H,3,6-7,10-11H2,1-2H3,(H,17,19). The van der Waals surface area contributed by atoms with Crippen molar-refractivity contribution in [1.82, 2.24) is 4.90 Å². The molecule has 1 saturated heterocycles. The van der Waals surface area contributed by atoms with Gasteiger partial charge < -0.3 is 19.7 Å². The molecule has 1 aromatic carbocycles. The second kappa shape index (κ2) is 7.68. The molecule has 1 aromatic rings. The number of carbonyl (C=O) groups is 2. The average molecular weight is 306 g/mol. The predicted octanol–water partition coefficient (Wildman–Crippen LogP) is 2.50. The number of anilines is 1. The molecule has 1 atom stereocenters. The Bertz CT molecular complexity index is 533. The first-order valence-corrected chi connectivity index (χ1v) is 7.51. The van der Waals surface area contributed by atoms with E-state index in [2.05, 4.69) is 5.32 Å². The summed E-state index contributed by atoms with van der Waals surface area (Å²) >= 11 is 0. The Morgan fingerprint density at radius 2 is 2.14 bits per heavy atom. The first-order valence-electron chi connectivity index (χ1n) is 7.51. The molecule has 1 aliphatic heterocycles. The number of rotatable bonds is 4. The van der Waals surface area contributed by atoms with Crippen LogP contribution in [0, 0.1) is 5.92 Å². The third kappa shape index (κ3) is 3.90. The fraction of sp³-hybridized carbons (Fsp3) is 0.500. The maximum absolute atomic E-state index is 12.4. The summed E-state index contributed by atoms with van der Waals surface area (Å²) in [4.78, 5) is 25.6. The number of nitrogens with zero attached hydrogens (tertiary/aromatic N) is 1. The quantitative estimate of drug-likeness (QED) is 0.928. The fourth-order valence-electron chi connectivity index (χ4n) is 2.57. The molecule has 6 heteroatoms. The van der Waals surface area contributed by atoms with Crippen molar-refractivity contribution in [3.8, 4) is 5.75 Å². The minimum absolute atomic E-state index is 0.0965. The van der Waals surface area contributed by atoms with Gasteiger partial charge in [-0.1, -0.05) is 12.1 Å². The molecule has 0 spiro atoms.